The van der Waals surface area contributed by atoms with Crippen molar-refractivity contribution in [2.24, 2.45) is 10.2 Å². The highest BCUT2D eigenvalue weighted by atomic mass is 32.2. The Hall–Kier alpha value is -2.08. The Kier molecular flexibility index (Phi) is 2.85. The lowest BCUT2D eigenvalue weighted by Gasteiger charge is -2.14. The lowest BCUT2D eigenvalue weighted by Crippen LogP contribution is -2.30. The first-order chi connectivity index (χ1) is 8.84. The van der Waals surface area contributed by atoms with E-state index in [2.05, 4.69) is 21.1 Å². The van der Waals surface area contributed by atoms with E-state index < -0.39 is 0 Å². The van der Waals surface area contributed by atoms with E-state index in [1.807, 2.05) is 30.3 Å². The van der Waals surface area contributed by atoms with E-state index in [9.17, 15) is 4.79 Å². The summed E-state index contributed by atoms with van der Waals surface area (Å²) in [5, 5.41) is 9.07. The molecule has 3 rings (SSSR count). The summed E-state index contributed by atoms with van der Waals surface area (Å²) in [6.07, 6.45) is 3.73. The maximum Gasteiger partial charge on any atom is 0.250 e. The van der Waals surface area contributed by atoms with Crippen molar-refractivity contribution in [2.75, 3.05) is 5.75 Å². The quantitative estimate of drug-likeness (QED) is 0.794. The molecular weight excluding hydrogens is 248 g/mol. The number of hydrogen-bond acceptors (Lipinski definition) is 5. The third kappa shape index (κ3) is 2.02. The molecule has 0 radical (unpaired) electrons. The Labute approximate surface area is 108 Å². The molecule has 0 saturated carbocycles. The van der Waals surface area contributed by atoms with Crippen molar-refractivity contribution in [1.82, 2.24) is 10.9 Å². The van der Waals surface area contributed by atoms with E-state index in [0.29, 0.717) is 5.75 Å². The van der Waals surface area contributed by atoms with E-state index in [-0.39, 0.29) is 5.91 Å². The molecule has 90 valence electrons. The summed E-state index contributed by atoms with van der Waals surface area (Å²) in [6.45, 7) is 0. The molecule has 2 aliphatic heterocycles. The lowest BCUT2D eigenvalue weighted by atomic mass is 10.0. The van der Waals surface area contributed by atoms with E-state index in [0.717, 1.165) is 21.9 Å². The molecule has 1 aromatic rings. The van der Waals surface area contributed by atoms with Crippen LogP contribution in [0.2, 0.25) is 0 Å². The van der Waals surface area contributed by atoms with Gasteiger partial charge in [-0.05, 0) is 11.6 Å². The zero-order valence-electron chi connectivity index (χ0n) is 9.38. The van der Waals surface area contributed by atoms with Crippen molar-refractivity contribution in [3.63, 3.8) is 0 Å². The fourth-order valence-corrected chi connectivity index (χ4v) is 2.48. The Balaban J connectivity index is 2.04. The first kappa shape index (κ1) is 11.0. The molecule has 0 aliphatic carbocycles. The SMILES string of the molecule is O=C1CSC(C2=NNC=Cc3ccccc32)=NN1. The molecular formula is C12H10N4OS. The molecule has 5 nitrogen and oxygen atoms in total. The Bertz CT molecular complexity index is 591. The molecule has 0 saturated heterocycles. The van der Waals surface area contributed by atoms with Crippen molar-refractivity contribution in [1.29, 1.82) is 0 Å². The van der Waals surface area contributed by atoms with Crippen molar-refractivity contribution >= 4 is 34.5 Å². The monoisotopic (exact) mass is 258 g/mol. The number of nitrogens with one attached hydrogen (secondary N) is 2. The van der Waals surface area contributed by atoms with Gasteiger partial charge in [0.1, 0.15) is 10.8 Å². The van der Waals surface area contributed by atoms with Gasteiger partial charge in [-0.3, -0.25) is 10.2 Å². The second-order valence-corrected chi connectivity index (χ2v) is 4.71. The summed E-state index contributed by atoms with van der Waals surface area (Å²) < 4.78 is 0. The van der Waals surface area contributed by atoms with Gasteiger partial charge in [-0.2, -0.15) is 10.2 Å². The highest BCUT2D eigenvalue weighted by Gasteiger charge is 2.21. The molecule has 0 unspecified atom stereocenters. The molecule has 1 amide bonds. The minimum absolute atomic E-state index is 0.0858. The van der Waals surface area contributed by atoms with Gasteiger partial charge in [0.15, 0.2) is 0 Å². The highest BCUT2D eigenvalue weighted by molar-refractivity contribution is 8.16. The van der Waals surface area contributed by atoms with E-state index >= 15 is 0 Å². The Morgan fingerprint density at radius 1 is 1.22 bits per heavy atom. The van der Waals surface area contributed by atoms with Gasteiger partial charge in [-0.1, -0.05) is 36.0 Å². The van der Waals surface area contributed by atoms with E-state index in [1.54, 1.807) is 6.20 Å². The van der Waals surface area contributed by atoms with Crippen LogP contribution in [-0.4, -0.2) is 22.4 Å². The van der Waals surface area contributed by atoms with Crippen LogP contribution in [0.25, 0.3) is 6.08 Å². The summed E-state index contributed by atoms with van der Waals surface area (Å²) in [4.78, 5) is 11.1. The van der Waals surface area contributed by atoms with Crippen LogP contribution in [0.15, 0.2) is 40.7 Å². The average Bonchev–Trinajstić information content (AvgIpc) is 2.62. The number of hydrogen-bond donors (Lipinski definition) is 2. The number of carbonyl (C=O) groups is 1. The Morgan fingerprint density at radius 2 is 2.11 bits per heavy atom. The van der Waals surface area contributed by atoms with Crippen molar-refractivity contribution in [3.8, 4) is 0 Å². The summed E-state index contributed by atoms with van der Waals surface area (Å²) >= 11 is 1.39. The third-order valence-corrected chi connectivity index (χ3v) is 3.52. The summed E-state index contributed by atoms with van der Waals surface area (Å²) in [7, 11) is 0. The van der Waals surface area contributed by atoms with Crippen LogP contribution in [0.3, 0.4) is 0 Å². The molecule has 0 atom stereocenters. The van der Waals surface area contributed by atoms with Crippen LogP contribution in [0, 0.1) is 0 Å². The molecule has 2 heterocycles. The number of fused-ring (bicyclic) bond motifs is 1. The zero-order valence-corrected chi connectivity index (χ0v) is 10.2. The molecule has 0 bridgehead atoms. The van der Waals surface area contributed by atoms with Crippen molar-refractivity contribution in [2.45, 2.75) is 0 Å². The van der Waals surface area contributed by atoms with Gasteiger partial charge in [-0.15, -0.1) is 0 Å². The smallest absolute Gasteiger partial charge is 0.250 e. The number of nitrogens with zero attached hydrogens (tertiary/aromatic N) is 2. The summed E-state index contributed by atoms with van der Waals surface area (Å²) in [6, 6.07) is 7.94. The van der Waals surface area contributed by atoms with Gasteiger partial charge in [0.05, 0.1) is 5.75 Å². The first-order valence-electron chi connectivity index (χ1n) is 5.43. The highest BCUT2D eigenvalue weighted by Crippen LogP contribution is 2.19. The number of benzene rings is 1. The normalized spacial score (nSPS) is 17.9. The molecule has 0 aromatic heterocycles. The van der Waals surface area contributed by atoms with Crippen LogP contribution in [-0.2, 0) is 4.79 Å². The molecule has 0 spiro atoms. The van der Waals surface area contributed by atoms with Crippen LogP contribution in [0.5, 0.6) is 0 Å². The minimum Gasteiger partial charge on any atom is -0.285 e. The summed E-state index contributed by atoms with van der Waals surface area (Å²) in [5.74, 6) is 0.283. The van der Waals surface area contributed by atoms with Gasteiger partial charge < -0.3 is 0 Å². The number of thioether (sulfide) groups is 1. The van der Waals surface area contributed by atoms with Crippen LogP contribution < -0.4 is 10.9 Å². The predicted molar refractivity (Wildman–Crippen MR) is 73.2 cm³/mol. The molecule has 2 aliphatic rings. The second-order valence-electron chi connectivity index (χ2n) is 3.75. The standard InChI is InChI=1S/C12H10N4OS/c17-10-7-18-12(16-14-10)11-9-4-2-1-3-8(9)5-6-13-15-11/h1-6,13H,7H2,(H,14,17). The fraction of sp³-hybridized carbons (Fsp3) is 0.0833. The number of rotatable bonds is 1. The third-order valence-electron chi connectivity index (χ3n) is 2.55. The second kappa shape index (κ2) is 4.66. The van der Waals surface area contributed by atoms with E-state index in [4.69, 9.17) is 0 Å². The number of hydrazone groups is 2. The fourth-order valence-electron chi connectivity index (χ4n) is 1.74. The zero-order chi connectivity index (χ0) is 12.4. The predicted octanol–water partition coefficient (Wildman–Crippen LogP) is 1.14. The molecule has 1 aromatic carbocycles. The van der Waals surface area contributed by atoms with Crippen LogP contribution in [0.4, 0.5) is 0 Å². The van der Waals surface area contributed by atoms with Gasteiger partial charge >= 0.3 is 0 Å². The minimum atomic E-state index is -0.0858. The van der Waals surface area contributed by atoms with Crippen LogP contribution in [0.1, 0.15) is 11.1 Å². The average molecular weight is 258 g/mol. The van der Waals surface area contributed by atoms with Gasteiger partial charge in [0.2, 0.25) is 0 Å². The lowest BCUT2D eigenvalue weighted by molar-refractivity contribution is -0.118. The van der Waals surface area contributed by atoms with Gasteiger partial charge in [0.25, 0.3) is 5.91 Å². The van der Waals surface area contributed by atoms with Crippen molar-refractivity contribution < 1.29 is 4.79 Å². The maximum atomic E-state index is 11.1. The van der Waals surface area contributed by atoms with Crippen molar-refractivity contribution in [3.05, 3.63) is 41.6 Å². The summed E-state index contributed by atoms with van der Waals surface area (Å²) in [5.41, 5.74) is 8.16. The van der Waals surface area contributed by atoms with E-state index in [1.165, 1.54) is 11.8 Å². The first-order valence-corrected chi connectivity index (χ1v) is 6.42. The van der Waals surface area contributed by atoms with Gasteiger partial charge in [0, 0.05) is 11.8 Å². The maximum absolute atomic E-state index is 11.1. The number of amides is 1. The molecule has 6 heteroatoms. The molecule has 2 N–H and O–H groups in total. The van der Waals surface area contributed by atoms with Crippen LogP contribution >= 0.6 is 11.8 Å². The molecule has 0 fully saturated rings. The Morgan fingerprint density at radius 3 is 2.94 bits per heavy atom. The van der Waals surface area contributed by atoms with Gasteiger partial charge in [-0.25, -0.2) is 5.43 Å². The largest absolute Gasteiger partial charge is 0.285 e. The number of carbonyl (C=O) groups excluding carboxylic acids is 1. The topological polar surface area (TPSA) is 65.8 Å². The molecule has 18 heavy (non-hydrogen) atoms.